The van der Waals surface area contributed by atoms with E-state index in [0.717, 1.165) is 6.54 Å². The van der Waals surface area contributed by atoms with Gasteiger partial charge < -0.3 is 4.90 Å². The summed E-state index contributed by atoms with van der Waals surface area (Å²) in [7, 11) is 0. The minimum atomic E-state index is 1.12. The quantitative estimate of drug-likeness (QED) is 0.251. The number of pyridine rings is 1. The summed E-state index contributed by atoms with van der Waals surface area (Å²) in [6.07, 6.45) is 44.7. The van der Waals surface area contributed by atoms with Crippen LogP contribution < -0.4 is 4.57 Å². The van der Waals surface area contributed by atoms with Gasteiger partial charge in [0.25, 0.3) is 0 Å². The predicted octanol–water partition coefficient (Wildman–Crippen LogP) is 9.67. The second-order valence-corrected chi connectivity index (χ2v) is 11.9. The van der Waals surface area contributed by atoms with Gasteiger partial charge in [-0.3, -0.25) is 0 Å². The van der Waals surface area contributed by atoms with E-state index in [-0.39, 0.29) is 0 Å². The third-order valence-corrected chi connectivity index (χ3v) is 8.45. The molecule has 0 atom stereocenters. The molecule has 0 saturated heterocycles. The van der Waals surface area contributed by atoms with E-state index >= 15 is 0 Å². The van der Waals surface area contributed by atoms with Crippen molar-refractivity contribution in [3.63, 3.8) is 0 Å². The van der Waals surface area contributed by atoms with Crippen molar-refractivity contribution in [2.75, 3.05) is 13.1 Å². The lowest BCUT2D eigenvalue weighted by molar-refractivity contribution is -0.697. The van der Waals surface area contributed by atoms with Crippen LogP contribution in [0.1, 0.15) is 147 Å². The largest absolute Gasteiger partial charge is 0.462 e. The molecule has 37 heavy (non-hydrogen) atoms. The van der Waals surface area contributed by atoms with Gasteiger partial charge in [-0.25, -0.2) is 16.7 Å². The molecule has 4 bridgehead atoms. The molecule has 208 valence electrons. The number of nitrogens with zero attached hydrogens (tertiary/aromatic N) is 2. The van der Waals surface area contributed by atoms with Gasteiger partial charge in [-0.15, -0.1) is 5.57 Å². The number of rotatable bonds is 0. The maximum absolute atomic E-state index is 3.47. The summed E-state index contributed by atoms with van der Waals surface area (Å²) in [6, 6.07) is 4.59. The zero-order valence-electron chi connectivity index (χ0n) is 24.2. The van der Waals surface area contributed by atoms with Crippen molar-refractivity contribution >= 4 is 0 Å². The van der Waals surface area contributed by atoms with Crippen LogP contribution in [-0.2, 0) is 13.0 Å². The van der Waals surface area contributed by atoms with E-state index in [1.54, 1.807) is 5.57 Å². The minimum Gasteiger partial charge on any atom is -0.462 e. The van der Waals surface area contributed by atoms with E-state index in [1.165, 1.54) is 166 Å². The van der Waals surface area contributed by atoms with Gasteiger partial charge in [-0.05, 0) is 44.7 Å². The fourth-order valence-electron chi connectivity index (χ4n) is 6.06. The molecule has 0 aliphatic carbocycles. The Morgan fingerprint density at radius 3 is 1.78 bits per heavy atom. The monoisotopic (exact) mass is 506 g/mol. The molecule has 0 radical (unpaired) electrons. The number of hydrogen-bond acceptors (Lipinski definition) is 1. The molecule has 0 aromatic carbocycles. The number of aromatic nitrogens is 1. The van der Waals surface area contributed by atoms with E-state index in [0.29, 0.717) is 0 Å². The minimum absolute atomic E-state index is 1.12. The lowest BCUT2D eigenvalue weighted by atomic mass is 10.0. The lowest BCUT2D eigenvalue weighted by Crippen LogP contribution is -2.33. The molecule has 1 aromatic rings. The molecular formula is C35H58N2. The van der Waals surface area contributed by atoms with Crippen LogP contribution in [-0.4, -0.2) is 18.0 Å². The average Bonchev–Trinajstić information content (AvgIpc) is 2.92. The second-order valence-electron chi connectivity index (χ2n) is 11.9. The van der Waals surface area contributed by atoms with Gasteiger partial charge in [0.2, 0.25) is 0 Å². The average molecular weight is 507 g/mol. The predicted molar refractivity (Wildman–Crippen MR) is 159 cm³/mol. The van der Waals surface area contributed by atoms with Crippen LogP contribution in [0, 0.1) is 6.20 Å². The zero-order chi connectivity index (χ0) is 25.6. The topological polar surface area (TPSA) is 7.12 Å². The Labute approximate surface area is 230 Å². The van der Waals surface area contributed by atoms with Crippen LogP contribution in [0.2, 0.25) is 0 Å². The molecule has 0 amide bonds. The van der Waals surface area contributed by atoms with Crippen LogP contribution >= 0.6 is 0 Å². The summed E-state index contributed by atoms with van der Waals surface area (Å²) in [5.41, 5.74) is 3.15. The molecule has 0 N–H and O–H groups in total. The maximum Gasteiger partial charge on any atom is 0.171 e. The standard InChI is InChI=1S/C35H58N2/c1-2-4-8-12-16-20-28-36-30-23-27-35(33-36)25-19-15-11-7-5-9-13-17-21-29-37-31-22-26-34(32-37)24-18-14-10-6-3-1/h22-23,26-27,30,33H,1-21,24-25,28-29,32H2. The SMILES string of the molecule is [C-]1=CC=C2CCCCCCCCCCCCCC[n+]3cccc(c3)CCCCCCCCCCCN1C2. The van der Waals surface area contributed by atoms with Crippen molar-refractivity contribution in [1.82, 2.24) is 4.90 Å². The Morgan fingerprint density at radius 1 is 0.595 bits per heavy atom. The van der Waals surface area contributed by atoms with Crippen LogP contribution in [0.5, 0.6) is 0 Å². The van der Waals surface area contributed by atoms with E-state index in [1.807, 2.05) is 0 Å². The Balaban J connectivity index is 1.33. The molecule has 2 aliphatic heterocycles. The van der Waals surface area contributed by atoms with Crippen molar-refractivity contribution < 1.29 is 4.57 Å². The normalized spacial score (nSPS) is 21.9. The van der Waals surface area contributed by atoms with Gasteiger partial charge in [0.15, 0.2) is 12.4 Å². The van der Waals surface area contributed by atoms with Crippen LogP contribution in [0.25, 0.3) is 0 Å². The first-order valence-electron chi connectivity index (χ1n) is 16.4. The van der Waals surface area contributed by atoms with Gasteiger partial charge >= 0.3 is 0 Å². The lowest BCUT2D eigenvalue weighted by Gasteiger charge is -2.32. The third-order valence-electron chi connectivity index (χ3n) is 8.45. The molecular weight excluding hydrogens is 448 g/mol. The summed E-state index contributed by atoms with van der Waals surface area (Å²) in [6.45, 7) is 3.50. The van der Waals surface area contributed by atoms with Gasteiger partial charge in [0.05, 0.1) is 0 Å². The first-order valence-corrected chi connectivity index (χ1v) is 16.4. The fourth-order valence-corrected chi connectivity index (χ4v) is 6.06. The Bertz CT molecular complexity index is 749. The van der Waals surface area contributed by atoms with E-state index in [2.05, 4.69) is 52.3 Å². The second kappa shape index (κ2) is 20.4. The maximum atomic E-state index is 3.47. The van der Waals surface area contributed by atoms with Crippen molar-refractivity contribution in [3.05, 3.63) is 54.0 Å². The van der Waals surface area contributed by atoms with E-state index in [9.17, 15) is 0 Å². The zero-order valence-corrected chi connectivity index (χ0v) is 24.2. The highest BCUT2D eigenvalue weighted by Crippen LogP contribution is 2.18. The highest BCUT2D eigenvalue weighted by atomic mass is 15.1. The van der Waals surface area contributed by atoms with Crippen LogP contribution in [0.4, 0.5) is 0 Å². The summed E-state index contributed by atoms with van der Waals surface area (Å²) in [4.78, 5) is 2.44. The number of fused-ring (bicyclic) bond motifs is 4. The van der Waals surface area contributed by atoms with Gasteiger partial charge in [-0.1, -0.05) is 109 Å². The molecule has 2 nitrogen and oxygen atoms in total. The van der Waals surface area contributed by atoms with Crippen molar-refractivity contribution in [1.29, 1.82) is 0 Å². The first-order chi connectivity index (χ1) is 18.4. The van der Waals surface area contributed by atoms with E-state index < -0.39 is 0 Å². The molecule has 2 aliphatic rings. The number of aryl methyl sites for hydroxylation is 2. The molecule has 3 heterocycles. The fraction of sp³-hybridized carbons (Fsp3) is 0.743. The summed E-state index contributed by atoms with van der Waals surface area (Å²) in [5, 5.41) is 0. The van der Waals surface area contributed by atoms with E-state index in [4.69, 9.17) is 0 Å². The summed E-state index contributed by atoms with van der Waals surface area (Å²) >= 11 is 0. The van der Waals surface area contributed by atoms with Gasteiger partial charge in [0.1, 0.15) is 6.54 Å². The highest BCUT2D eigenvalue weighted by molar-refractivity contribution is 5.16. The van der Waals surface area contributed by atoms with Crippen molar-refractivity contribution in [3.8, 4) is 0 Å². The molecule has 3 rings (SSSR count). The Morgan fingerprint density at radius 2 is 1.14 bits per heavy atom. The summed E-state index contributed by atoms with van der Waals surface area (Å²) < 4.78 is 2.44. The Kier molecular flexibility index (Phi) is 16.5. The number of hydrogen-bond donors (Lipinski definition) is 0. The van der Waals surface area contributed by atoms with Crippen LogP contribution in [0.3, 0.4) is 0 Å². The molecule has 0 spiro atoms. The van der Waals surface area contributed by atoms with Gasteiger partial charge in [0, 0.05) is 24.6 Å². The van der Waals surface area contributed by atoms with Gasteiger partial charge in [-0.2, -0.15) is 6.20 Å². The first kappa shape index (κ1) is 30.0. The molecule has 0 saturated carbocycles. The highest BCUT2D eigenvalue weighted by Gasteiger charge is 2.04. The van der Waals surface area contributed by atoms with Crippen LogP contribution in [0.15, 0.2) is 42.3 Å². The molecule has 1 aromatic heterocycles. The smallest absolute Gasteiger partial charge is 0.171 e. The third kappa shape index (κ3) is 14.8. The number of allylic oxidation sites excluding steroid dienone is 2. The summed E-state index contributed by atoms with van der Waals surface area (Å²) in [5.74, 6) is 0. The molecule has 0 fully saturated rings. The van der Waals surface area contributed by atoms with Crippen molar-refractivity contribution in [2.45, 2.75) is 154 Å². The molecule has 0 unspecified atom stereocenters. The Hall–Kier alpha value is -1.57. The van der Waals surface area contributed by atoms with Crippen molar-refractivity contribution in [2.24, 2.45) is 0 Å². The molecule has 2 heteroatoms.